The molecule has 0 spiro atoms. The number of carbonyl (C=O) groups is 2. The predicted octanol–water partition coefficient (Wildman–Crippen LogP) is 3.18. The molecule has 108 valence electrons. The molecule has 0 aliphatic rings. The van der Waals surface area contributed by atoms with Crippen molar-refractivity contribution in [3.63, 3.8) is 0 Å². The maximum absolute atomic E-state index is 11.3. The molecule has 0 N–H and O–H groups in total. The van der Waals surface area contributed by atoms with Crippen LogP contribution in [0, 0.1) is 0 Å². The maximum atomic E-state index is 11.3. The van der Waals surface area contributed by atoms with Crippen LogP contribution in [0.1, 0.15) is 46.5 Å². The zero-order valence-corrected chi connectivity index (χ0v) is 12.1. The largest absolute Gasteiger partial charge is 0.461 e. The van der Waals surface area contributed by atoms with Crippen LogP contribution >= 0.6 is 0 Å². The van der Waals surface area contributed by atoms with E-state index < -0.39 is 0 Å². The molecule has 0 amide bonds. The van der Waals surface area contributed by atoms with Crippen molar-refractivity contribution in [1.82, 2.24) is 0 Å². The smallest absolute Gasteiger partial charge is 0.306 e. The Balaban J connectivity index is 3.61. The van der Waals surface area contributed by atoms with Crippen LogP contribution in [0.2, 0.25) is 0 Å². The topological polar surface area (TPSA) is 52.6 Å². The number of unbranched alkanes of at least 4 members (excludes halogenated alkanes) is 1. The average molecular weight is 268 g/mol. The van der Waals surface area contributed by atoms with Crippen molar-refractivity contribution in [2.75, 3.05) is 13.2 Å². The molecular formula is C15H24O4. The Kier molecular flexibility index (Phi) is 10.6. The number of hydrogen-bond donors (Lipinski definition) is 0. The normalized spacial score (nSPS) is 10.3. The van der Waals surface area contributed by atoms with Crippen molar-refractivity contribution in [2.24, 2.45) is 0 Å². The van der Waals surface area contributed by atoms with E-state index in [1.807, 2.05) is 32.1 Å². The molecule has 19 heavy (non-hydrogen) atoms. The van der Waals surface area contributed by atoms with Crippen LogP contribution in [0.15, 0.2) is 23.8 Å². The fourth-order valence-electron chi connectivity index (χ4n) is 1.14. The van der Waals surface area contributed by atoms with Crippen molar-refractivity contribution >= 4 is 11.9 Å². The molecule has 0 rings (SSSR count). The van der Waals surface area contributed by atoms with Gasteiger partial charge in [-0.1, -0.05) is 31.1 Å². The summed E-state index contributed by atoms with van der Waals surface area (Å²) < 4.78 is 9.86. The summed E-state index contributed by atoms with van der Waals surface area (Å²) in [5.74, 6) is -0.753. The number of hydrogen-bond acceptors (Lipinski definition) is 4. The summed E-state index contributed by atoms with van der Waals surface area (Å²) in [6.45, 7) is 6.47. The minimum atomic E-state index is -0.379. The quantitative estimate of drug-likeness (QED) is 0.476. The molecule has 0 unspecified atom stereocenters. The van der Waals surface area contributed by atoms with Gasteiger partial charge in [-0.2, -0.15) is 0 Å². The molecule has 0 aromatic carbocycles. The molecule has 4 heteroatoms. The van der Waals surface area contributed by atoms with Crippen molar-refractivity contribution in [2.45, 2.75) is 46.5 Å². The zero-order chi connectivity index (χ0) is 14.5. The standard InChI is InChI=1S/C15H24O4/c1-4-5-6-7-11-18-14(16)8-9-15(17)19-12-10-13(2)3/h6-7,10H,4-5,8-9,11-12H2,1-3H3/b7-6-. The van der Waals surface area contributed by atoms with E-state index in [-0.39, 0.29) is 38.0 Å². The molecule has 4 nitrogen and oxygen atoms in total. The lowest BCUT2D eigenvalue weighted by atomic mass is 10.3. The van der Waals surface area contributed by atoms with Crippen LogP contribution in [-0.2, 0) is 19.1 Å². The Hall–Kier alpha value is -1.58. The summed E-state index contributed by atoms with van der Waals surface area (Å²) >= 11 is 0. The highest BCUT2D eigenvalue weighted by atomic mass is 16.5. The highest BCUT2D eigenvalue weighted by Crippen LogP contribution is 1.98. The van der Waals surface area contributed by atoms with E-state index in [1.165, 1.54) is 0 Å². The lowest BCUT2D eigenvalue weighted by Gasteiger charge is -2.03. The minimum absolute atomic E-state index is 0.0636. The Morgan fingerprint density at radius 3 is 2.05 bits per heavy atom. The maximum Gasteiger partial charge on any atom is 0.306 e. The van der Waals surface area contributed by atoms with Gasteiger partial charge in [-0.15, -0.1) is 0 Å². The summed E-state index contributed by atoms with van der Waals surface area (Å²) in [6, 6.07) is 0. The van der Waals surface area contributed by atoms with Gasteiger partial charge in [0.15, 0.2) is 0 Å². The monoisotopic (exact) mass is 268 g/mol. The molecule has 0 radical (unpaired) electrons. The lowest BCUT2D eigenvalue weighted by Crippen LogP contribution is -2.10. The predicted molar refractivity (Wildman–Crippen MR) is 74.6 cm³/mol. The van der Waals surface area contributed by atoms with Crippen molar-refractivity contribution in [3.05, 3.63) is 23.8 Å². The molecule has 0 saturated heterocycles. The summed E-state index contributed by atoms with van der Waals surface area (Å²) in [6.07, 6.45) is 7.78. The molecule has 0 aromatic rings. The Morgan fingerprint density at radius 2 is 1.53 bits per heavy atom. The van der Waals surface area contributed by atoms with Gasteiger partial charge >= 0.3 is 11.9 Å². The van der Waals surface area contributed by atoms with Crippen LogP contribution in [-0.4, -0.2) is 25.2 Å². The van der Waals surface area contributed by atoms with E-state index in [1.54, 1.807) is 0 Å². The van der Waals surface area contributed by atoms with Gasteiger partial charge in [0.1, 0.15) is 13.2 Å². The fraction of sp³-hybridized carbons (Fsp3) is 0.600. The van der Waals surface area contributed by atoms with E-state index in [2.05, 4.69) is 6.92 Å². The highest BCUT2D eigenvalue weighted by molar-refractivity contribution is 5.77. The fourth-order valence-corrected chi connectivity index (χ4v) is 1.14. The molecule has 0 aliphatic heterocycles. The first-order valence-electron chi connectivity index (χ1n) is 6.65. The lowest BCUT2D eigenvalue weighted by molar-refractivity contribution is -0.149. The van der Waals surface area contributed by atoms with Gasteiger partial charge in [-0.05, 0) is 26.3 Å². The number of allylic oxidation sites excluding steroid dienone is 2. The number of rotatable bonds is 9. The van der Waals surface area contributed by atoms with Crippen molar-refractivity contribution in [3.8, 4) is 0 Å². The van der Waals surface area contributed by atoms with Crippen LogP contribution in [0.5, 0.6) is 0 Å². The third-order valence-electron chi connectivity index (χ3n) is 2.23. The highest BCUT2D eigenvalue weighted by Gasteiger charge is 2.07. The van der Waals surface area contributed by atoms with Crippen LogP contribution < -0.4 is 0 Å². The number of carbonyl (C=O) groups excluding carboxylic acids is 2. The second-order valence-corrected chi connectivity index (χ2v) is 4.41. The first-order chi connectivity index (χ1) is 9.06. The van der Waals surface area contributed by atoms with Gasteiger partial charge in [0.05, 0.1) is 12.8 Å². The van der Waals surface area contributed by atoms with Crippen LogP contribution in [0.3, 0.4) is 0 Å². The third kappa shape index (κ3) is 12.7. The van der Waals surface area contributed by atoms with E-state index in [9.17, 15) is 9.59 Å². The molecule has 0 atom stereocenters. The molecular weight excluding hydrogens is 244 g/mol. The Bertz CT molecular complexity index is 325. The number of ether oxygens (including phenoxy) is 2. The van der Waals surface area contributed by atoms with E-state index in [0.717, 1.165) is 18.4 Å². The van der Waals surface area contributed by atoms with Gasteiger partial charge in [-0.3, -0.25) is 9.59 Å². The number of esters is 2. The van der Waals surface area contributed by atoms with Gasteiger partial charge < -0.3 is 9.47 Å². The molecule has 0 fully saturated rings. The average Bonchev–Trinajstić information content (AvgIpc) is 2.35. The molecule has 0 heterocycles. The minimum Gasteiger partial charge on any atom is -0.461 e. The summed E-state index contributed by atoms with van der Waals surface area (Å²) in [5, 5.41) is 0. The van der Waals surface area contributed by atoms with Crippen LogP contribution in [0.25, 0.3) is 0 Å². The van der Waals surface area contributed by atoms with E-state index in [4.69, 9.17) is 9.47 Å². The summed E-state index contributed by atoms with van der Waals surface area (Å²) in [4.78, 5) is 22.6. The van der Waals surface area contributed by atoms with Crippen molar-refractivity contribution in [1.29, 1.82) is 0 Å². The van der Waals surface area contributed by atoms with Gasteiger partial charge in [0.2, 0.25) is 0 Å². The second kappa shape index (κ2) is 11.5. The first-order valence-corrected chi connectivity index (χ1v) is 6.65. The first kappa shape index (κ1) is 17.4. The second-order valence-electron chi connectivity index (χ2n) is 4.41. The Labute approximate surface area is 115 Å². The van der Waals surface area contributed by atoms with Gasteiger partial charge in [0, 0.05) is 0 Å². The molecule has 0 aliphatic carbocycles. The van der Waals surface area contributed by atoms with E-state index in [0.29, 0.717) is 0 Å². The van der Waals surface area contributed by atoms with Gasteiger partial charge in [-0.25, -0.2) is 0 Å². The molecule has 0 bridgehead atoms. The summed E-state index contributed by atoms with van der Waals surface area (Å²) in [5.41, 5.74) is 1.09. The molecule has 0 aromatic heterocycles. The van der Waals surface area contributed by atoms with E-state index >= 15 is 0 Å². The SMILES string of the molecule is CCC/C=C\COC(=O)CCC(=O)OCC=C(C)C. The molecule has 0 saturated carbocycles. The Morgan fingerprint density at radius 1 is 0.947 bits per heavy atom. The third-order valence-corrected chi connectivity index (χ3v) is 2.23. The zero-order valence-electron chi connectivity index (χ0n) is 12.1. The van der Waals surface area contributed by atoms with Crippen LogP contribution in [0.4, 0.5) is 0 Å². The summed E-state index contributed by atoms with van der Waals surface area (Å²) in [7, 11) is 0. The van der Waals surface area contributed by atoms with Gasteiger partial charge in [0.25, 0.3) is 0 Å². The van der Waals surface area contributed by atoms with Crippen molar-refractivity contribution < 1.29 is 19.1 Å².